The van der Waals surface area contributed by atoms with Crippen molar-refractivity contribution >= 4 is 21.6 Å². The van der Waals surface area contributed by atoms with Crippen LogP contribution in [0.2, 0.25) is 0 Å². The smallest absolute Gasteiger partial charge is 0.243 e. The zero-order valence-corrected chi connectivity index (χ0v) is 20.1. The third kappa shape index (κ3) is 4.91. The third-order valence-corrected chi connectivity index (χ3v) is 8.74. The fraction of sp³-hybridized carbons (Fsp3) is 0.458. The number of hydrogen-bond acceptors (Lipinski definition) is 6. The van der Waals surface area contributed by atoms with Crippen molar-refractivity contribution in [2.75, 3.05) is 11.9 Å². The van der Waals surface area contributed by atoms with Crippen LogP contribution >= 0.6 is 0 Å². The number of carbonyl (C=O) groups is 1. The van der Waals surface area contributed by atoms with Crippen LogP contribution in [0.5, 0.6) is 5.75 Å². The zero-order valence-electron chi connectivity index (χ0n) is 19.3. The number of aromatic hydroxyl groups is 1. The summed E-state index contributed by atoms with van der Waals surface area (Å²) >= 11 is 0. The molecule has 3 unspecified atom stereocenters. The van der Waals surface area contributed by atoms with Gasteiger partial charge < -0.3 is 10.4 Å². The van der Waals surface area contributed by atoms with E-state index in [-0.39, 0.29) is 28.6 Å². The summed E-state index contributed by atoms with van der Waals surface area (Å²) < 4.78 is 27.5. The van der Waals surface area contributed by atoms with Gasteiger partial charge in [-0.15, -0.1) is 0 Å². The van der Waals surface area contributed by atoms with Gasteiger partial charge >= 0.3 is 0 Å². The first-order chi connectivity index (χ1) is 15.7. The molecule has 2 aromatic rings. The first-order valence-electron chi connectivity index (χ1n) is 11.4. The van der Waals surface area contributed by atoms with Gasteiger partial charge in [-0.1, -0.05) is 12.5 Å². The summed E-state index contributed by atoms with van der Waals surface area (Å²) in [7, 11) is -3.55. The fourth-order valence-electron chi connectivity index (χ4n) is 4.54. The molecule has 33 heavy (non-hydrogen) atoms. The number of benzene rings is 2. The van der Waals surface area contributed by atoms with Crippen molar-refractivity contribution < 1.29 is 18.3 Å². The van der Waals surface area contributed by atoms with Crippen molar-refractivity contribution in [3.05, 3.63) is 53.1 Å². The van der Waals surface area contributed by atoms with E-state index in [1.54, 1.807) is 34.6 Å². The molecule has 4 N–H and O–H groups in total. The molecule has 2 aromatic carbocycles. The Bertz CT molecular complexity index is 1130. The van der Waals surface area contributed by atoms with Gasteiger partial charge in [0.1, 0.15) is 11.8 Å². The molecule has 178 valence electrons. The molecule has 2 fully saturated rings. The summed E-state index contributed by atoms with van der Waals surface area (Å²) in [6, 6.07) is 9.31. The standard InChI is InChI=1S/C24H32N4O4S/c1-15-12-20(23(29)13-16(15)2)21-14-22(27-26-21)24(30)25-18-7-9-19(10-8-18)33(31,32)28-11-5-4-6-17(28)3/h7-10,12-13,17,21-22,26-27,29H,4-6,11,14H2,1-3H3,(H,25,30). The van der Waals surface area contributed by atoms with E-state index in [4.69, 9.17) is 0 Å². The lowest BCUT2D eigenvalue weighted by Gasteiger charge is -2.32. The molecule has 0 bridgehead atoms. The predicted octanol–water partition coefficient (Wildman–Crippen LogP) is 3.12. The van der Waals surface area contributed by atoms with Gasteiger partial charge in [-0.2, -0.15) is 4.31 Å². The molecule has 0 aliphatic carbocycles. The van der Waals surface area contributed by atoms with Gasteiger partial charge in [-0.05, 0) is 81.5 Å². The maximum atomic E-state index is 13.0. The van der Waals surface area contributed by atoms with Crippen LogP contribution in [-0.4, -0.2) is 42.4 Å². The summed E-state index contributed by atoms with van der Waals surface area (Å²) in [5, 5.41) is 13.2. The number of phenols is 1. The van der Waals surface area contributed by atoms with E-state index >= 15 is 0 Å². The van der Waals surface area contributed by atoms with Gasteiger partial charge in [0.05, 0.1) is 10.9 Å². The van der Waals surface area contributed by atoms with Crippen LogP contribution in [0.15, 0.2) is 41.3 Å². The van der Waals surface area contributed by atoms with E-state index in [0.29, 0.717) is 18.7 Å². The number of piperidine rings is 1. The fourth-order valence-corrected chi connectivity index (χ4v) is 6.24. The minimum atomic E-state index is -3.55. The Morgan fingerprint density at radius 1 is 1.09 bits per heavy atom. The highest BCUT2D eigenvalue weighted by Crippen LogP contribution is 2.32. The lowest BCUT2D eigenvalue weighted by molar-refractivity contribution is -0.117. The minimum absolute atomic E-state index is 0.00577. The number of rotatable bonds is 5. The Kier molecular flexibility index (Phi) is 6.76. The van der Waals surface area contributed by atoms with Crippen LogP contribution in [0, 0.1) is 13.8 Å². The molecule has 8 nitrogen and oxygen atoms in total. The van der Waals surface area contributed by atoms with Crippen molar-refractivity contribution in [1.29, 1.82) is 0 Å². The largest absolute Gasteiger partial charge is 0.508 e. The molecule has 2 heterocycles. The average Bonchev–Trinajstić information content (AvgIpc) is 3.27. The van der Waals surface area contributed by atoms with Gasteiger partial charge in [0.15, 0.2) is 0 Å². The second kappa shape index (κ2) is 9.42. The van der Waals surface area contributed by atoms with E-state index in [1.165, 1.54) is 0 Å². The summed E-state index contributed by atoms with van der Waals surface area (Å²) in [5.41, 5.74) is 9.46. The molecule has 4 rings (SSSR count). The molecule has 3 atom stereocenters. The van der Waals surface area contributed by atoms with Crippen LogP contribution in [0.4, 0.5) is 5.69 Å². The summed E-state index contributed by atoms with van der Waals surface area (Å²) in [6.07, 6.45) is 3.27. The van der Waals surface area contributed by atoms with Crippen molar-refractivity contribution in [3.63, 3.8) is 0 Å². The summed E-state index contributed by atoms with van der Waals surface area (Å²) in [4.78, 5) is 13.0. The highest BCUT2D eigenvalue weighted by molar-refractivity contribution is 7.89. The lowest BCUT2D eigenvalue weighted by Crippen LogP contribution is -2.41. The molecular formula is C24H32N4O4S. The van der Waals surface area contributed by atoms with Crippen LogP contribution in [0.3, 0.4) is 0 Å². The molecule has 2 saturated heterocycles. The second-order valence-corrected chi connectivity index (χ2v) is 11.0. The van der Waals surface area contributed by atoms with Crippen molar-refractivity contribution in [1.82, 2.24) is 15.2 Å². The molecular weight excluding hydrogens is 440 g/mol. The first-order valence-corrected chi connectivity index (χ1v) is 12.8. The topological polar surface area (TPSA) is 111 Å². The first kappa shape index (κ1) is 23.7. The van der Waals surface area contributed by atoms with Crippen molar-refractivity contribution in [2.45, 2.75) is 69.5 Å². The second-order valence-electron chi connectivity index (χ2n) is 9.10. The highest BCUT2D eigenvalue weighted by Gasteiger charge is 2.33. The lowest BCUT2D eigenvalue weighted by atomic mass is 9.97. The molecule has 0 aromatic heterocycles. The van der Waals surface area contributed by atoms with Gasteiger partial charge in [-0.25, -0.2) is 19.3 Å². The summed E-state index contributed by atoms with van der Waals surface area (Å²) in [6.45, 7) is 6.41. The number of sulfonamides is 1. The van der Waals surface area contributed by atoms with Gasteiger partial charge in [0.25, 0.3) is 0 Å². The SMILES string of the molecule is Cc1cc(O)c(C2CC(C(=O)Nc3ccc(S(=O)(=O)N4CCCCC4C)cc3)NN2)cc1C. The molecule has 0 spiro atoms. The zero-order chi connectivity index (χ0) is 23.8. The van der Waals surface area contributed by atoms with Crippen LogP contribution in [-0.2, 0) is 14.8 Å². The maximum Gasteiger partial charge on any atom is 0.243 e. The van der Waals surface area contributed by atoms with Crippen molar-refractivity contribution in [3.8, 4) is 5.75 Å². The van der Waals surface area contributed by atoms with Crippen LogP contribution in [0.25, 0.3) is 0 Å². The Hall–Kier alpha value is -2.46. The van der Waals surface area contributed by atoms with Crippen LogP contribution < -0.4 is 16.2 Å². The van der Waals surface area contributed by atoms with Crippen LogP contribution in [0.1, 0.15) is 55.3 Å². The quantitative estimate of drug-likeness (QED) is 0.532. The number of anilines is 1. The predicted molar refractivity (Wildman–Crippen MR) is 127 cm³/mol. The normalized spacial score (nSPS) is 24.0. The molecule has 9 heteroatoms. The van der Waals surface area contributed by atoms with Gasteiger partial charge in [0, 0.05) is 23.8 Å². The number of carbonyl (C=O) groups excluding carboxylic acids is 1. The van der Waals surface area contributed by atoms with E-state index in [0.717, 1.165) is 36.0 Å². The van der Waals surface area contributed by atoms with E-state index < -0.39 is 16.1 Å². The average molecular weight is 473 g/mol. The Morgan fingerprint density at radius 3 is 2.48 bits per heavy atom. The van der Waals surface area contributed by atoms with E-state index in [9.17, 15) is 18.3 Å². The number of hydrazine groups is 1. The maximum absolute atomic E-state index is 13.0. The minimum Gasteiger partial charge on any atom is -0.508 e. The number of nitrogens with one attached hydrogen (secondary N) is 3. The van der Waals surface area contributed by atoms with E-state index in [2.05, 4.69) is 16.2 Å². The number of hydrogen-bond donors (Lipinski definition) is 4. The molecule has 2 aliphatic rings. The molecule has 0 radical (unpaired) electrons. The number of amides is 1. The molecule has 0 saturated carbocycles. The number of phenolic OH excluding ortho intramolecular Hbond substituents is 1. The Labute approximate surface area is 195 Å². The van der Waals surface area contributed by atoms with Crippen molar-refractivity contribution in [2.24, 2.45) is 0 Å². The van der Waals surface area contributed by atoms with Gasteiger partial charge in [0.2, 0.25) is 15.9 Å². The number of aryl methyl sites for hydroxylation is 2. The van der Waals surface area contributed by atoms with Gasteiger partial charge in [-0.3, -0.25) is 4.79 Å². The van der Waals surface area contributed by atoms with E-state index in [1.807, 2.05) is 26.8 Å². The monoisotopic (exact) mass is 472 g/mol. The Balaban J connectivity index is 1.40. The third-order valence-electron chi connectivity index (χ3n) is 6.71. The highest BCUT2D eigenvalue weighted by atomic mass is 32.2. The molecule has 1 amide bonds. The summed E-state index contributed by atoms with van der Waals surface area (Å²) in [5.74, 6) is -0.0214. The number of nitrogens with zero attached hydrogens (tertiary/aromatic N) is 1. The molecule has 2 aliphatic heterocycles. The Morgan fingerprint density at radius 2 is 1.79 bits per heavy atom.